The molecule has 218 valence electrons. The smallest absolute Gasteiger partial charge is 0.418 e. The van der Waals surface area contributed by atoms with Crippen LogP contribution in [0.15, 0.2) is 48.7 Å². The molecule has 12 heteroatoms. The van der Waals surface area contributed by atoms with E-state index in [2.05, 4.69) is 20.6 Å². The van der Waals surface area contributed by atoms with Gasteiger partial charge in [0, 0.05) is 50.4 Å². The molecular weight excluding hydrogens is 542 g/mol. The van der Waals surface area contributed by atoms with Crippen LogP contribution in [0, 0.1) is 5.82 Å². The Balaban J connectivity index is 1.36. The molecule has 8 nitrogen and oxygen atoms in total. The molecular formula is C29H31F4N5O3. The number of piperidine rings is 1. The lowest BCUT2D eigenvalue weighted by atomic mass is 10.0. The van der Waals surface area contributed by atoms with Gasteiger partial charge in [-0.15, -0.1) is 0 Å². The van der Waals surface area contributed by atoms with Gasteiger partial charge in [-0.2, -0.15) is 13.2 Å². The lowest BCUT2D eigenvalue weighted by Gasteiger charge is -2.35. The zero-order chi connectivity index (χ0) is 29.0. The summed E-state index contributed by atoms with van der Waals surface area (Å²) in [4.78, 5) is 23.9. The van der Waals surface area contributed by atoms with Gasteiger partial charge >= 0.3 is 6.18 Å². The summed E-state index contributed by atoms with van der Waals surface area (Å²) in [6.07, 6.45) is -1.82. The largest absolute Gasteiger partial charge is 0.488 e. The van der Waals surface area contributed by atoms with Crippen LogP contribution in [0.4, 0.5) is 23.2 Å². The van der Waals surface area contributed by atoms with Crippen LogP contribution in [0.25, 0.3) is 11.3 Å². The van der Waals surface area contributed by atoms with E-state index in [0.717, 1.165) is 25.1 Å². The van der Waals surface area contributed by atoms with Gasteiger partial charge in [0.2, 0.25) is 5.88 Å². The molecule has 0 radical (unpaired) electrons. The predicted octanol–water partition coefficient (Wildman–Crippen LogP) is 4.84. The lowest BCUT2D eigenvalue weighted by Crippen LogP contribution is -2.40. The number of ether oxygens (including phenoxy) is 2. The Kier molecular flexibility index (Phi) is 8.57. The van der Waals surface area contributed by atoms with Crippen molar-refractivity contribution in [2.45, 2.75) is 44.5 Å². The molecule has 2 aliphatic heterocycles. The van der Waals surface area contributed by atoms with Gasteiger partial charge in [0.05, 0.1) is 23.4 Å². The van der Waals surface area contributed by atoms with Crippen molar-refractivity contribution in [3.8, 4) is 22.9 Å². The van der Waals surface area contributed by atoms with Crippen molar-refractivity contribution in [3.05, 3.63) is 65.7 Å². The first-order valence-corrected chi connectivity index (χ1v) is 13.6. The van der Waals surface area contributed by atoms with Gasteiger partial charge in [0.25, 0.3) is 5.91 Å². The van der Waals surface area contributed by atoms with Crippen LogP contribution >= 0.6 is 0 Å². The molecule has 41 heavy (non-hydrogen) atoms. The molecule has 1 aromatic carbocycles. The number of amides is 1. The number of nitrogens with one attached hydrogen (secondary N) is 2. The van der Waals surface area contributed by atoms with Crippen molar-refractivity contribution in [2.75, 3.05) is 37.7 Å². The maximum Gasteiger partial charge on any atom is 0.418 e. The van der Waals surface area contributed by atoms with Crippen molar-refractivity contribution < 1.29 is 31.8 Å². The number of hydrogen-bond donors (Lipinski definition) is 2. The van der Waals surface area contributed by atoms with E-state index in [4.69, 9.17) is 9.47 Å². The van der Waals surface area contributed by atoms with Crippen molar-refractivity contribution in [2.24, 2.45) is 0 Å². The van der Waals surface area contributed by atoms with E-state index in [0.29, 0.717) is 49.2 Å². The topological polar surface area (TPSA) is 88.6 Å². The number of carbonyl (C=O) groups is 1. The Hall–Kier alpha value is -3.93. The molecule has 1 amide bonds. The summed E-state index contributed by atoms with van der Waals surface area (Å²) in [6, 6.07) is 9.65. The van der Waals surface area contributed by atoms with E-state index in [-0.39, 0.29) is 48.3 Å². The highest BCUT2D eigenvalue weighted by Crippen LogP contribution is 2.38. The zero-order valence-electron chi connectivity index (χ0n) is 22.5. The third-order valence-corrected chi connectivity index (χ3v) is 7.14. The molecule has 3 aromatic rings. The molecule has 4 heterocycles. The van der Waals surface area contributed by atoms with Crippen LogP contribution in [0.1, 0.15) is 42.2 Å². The number of rotatable bonds is 8. The fourth-order valence-corrected chi connectivity index (χ4v) is 5.13. The second-order valence-electron chi connectivity index (χ2n) is 9.96. The Morgan fingerprint density at radius 2 is 1.95 bits per heavy atom. The first-order valence-electron chi connectivity index (χ1n) is 13.6. The van der Waals surface area contributed by atoms with E-state index < -0.39 is 17.6 Å². The number of hydrogen-bond acceptors (Lipinski definition) is 7. The van der Waals surface area contributed by atoms with Crippen LogP contribution in [0.2, 0.25) is 0 Å². The average Bonchev–Trinajstić information content (AvgIpc) is 3.47. The predicted molar refractivity (Wildman–Crippen MR) is 145 cm³/mol. The molecule has 0 saturated carbocycles. The van der Waals surface area contributed by atoms with E-state index >= 15 is 0 Å². The molecule has 0 spiro atoms. The van der Waals surface area contributed by atoms with Crippen molar-refractivity contribution in [1.82, 2.24) is 20.6 Å². The quantitative estimate of drug-likeness (QED) is 0.373. The SMILES string of the molecule is CCOc1ncccc1-c1ccc(OC2CCN(c3ccc(F)cc3C(F)(F)F)CC2)c(C(=O)N[C@@H]2CCNC2)n1. The van der Waals surface area contributed by atoms with Crippen molar-refractivity contribution in [1.29, 1.82) is 0 Å². The monoisotopic (exact) mass is 573 g/mol. The highest BCUT2D eigenvalue weighted by molar-refractivity contribution is 5.96. The highest BCUT2D eigenvalue weighted by Gasteiger charge is 2.36. The van der Waals surface area contributed by atoms with Gasteiger partial charge in [0.15, 0.2) is 11.4 Å². The standard InChI is InChI=1S/C29H31F4N5O3/c1-2-40-28-21(4-3-12-35-28)23-6-8-25(26(37-23)27(39)36-19-9-13-34-17-19)41-20-10-14-38(15-11-20)24-7-5-18(30)16-22(24)29(31,32)33/h3-8,12,16,19-20,34H,2,9-11,13-15,17H2,1H3,(H,36,39)/t19-/m1/s1. The minimum Gasteiger partial charge on any atom is -0.488 e. The molecule has 2 N–H and O–H groups in total. The second-order valence-corrected chi connectivity index (χ2v) is 9.96. The lowest BCUT2D eigenvalue weighted by molar-refractivity contribution is -0.137. The third kappa shape index (κ3) is 6.70. The number of nitrogens with zero attached hydrogens (tertiary/aromatic N) is 3. The van der Waals surface area contributed by atoms with Crippen molar-refractivity contribution >= 4 is 11.6 Å². The summed E-state index contributed by atoms with van der Waals surface area (Å²) in [6.45, 7) is 4.26. The van der Waals surface area contributed by atoms with E-state index in [9.17, 15) is 22.4 Å². The Morgan fingerprint density at radius 3 is 2.66 bits per heavy atom. The molecule has 0 aliphatic carbocycles. The minimum absolute atomic E-state index is 0.0417. The average molecular weight is 574 g/mol. The number of pyridine rings is 2. The van der Waals surface area contributed by atoms with Gasteiger partial charge in [-0.1, -0.05) is 0 Å². The maximum atomic E-state index is 13.6. The summed E-state index contributed by atoms with van der Waals surface area (Å²) in [5.41, 5.74) is 0.176. The van der Waals surface area contributed by atoms with Gasteiger partial charge in [-0.25, -0.2) is 14.4 Å². The molecule has 2 aromatic heterocycles. The van der Waals surface area contributed by atoms with Gasteiger partial charge in [-0.3, -0.25) is 4.79 Å². The summed E-state index contributed by atoms with van der Waals surface area (Å²) >= 11 is 0. The van der Waals surface area contributed by atoms with Gasteiger partial charge in [-0.05, 0) is 62.4 Å². The summed E-state index contributed by atoms with van der Waals surface area (Å²) in [5.74, 6) is -0.630. The second kappa shape index (κ2) is 12.3. The first kappa shape index (κ1) is 28.6. The van der Waals surface area contributed by atoms with Gasteiger partial charge < -0.3 is 25.0 Å². The van der Waals surface area contributed by atoms with Gasteiger partial charge in [0.1, 0.15) is 11.9 Å². The molecule has 2 fully saturated rings. The third-order valence-electron chi connectivity index (χ3n) is 7.14. The molecule has 5 rings (SSSR count). The number of alkyl halides is 3. The maximum absolute atomic E-state index is 13.6. The highest BCUT2D eigenvalue weighted by atomic mass is 19.4. The Labute approximate surface area is 235 Å². The summed E-state index contributed by atoms with van der Waals surface area (Å²) < 4.78 is 66.2. The van der Waals surface area contributed by atoms with Crippen LogP contribution in [0.3, 0.4) is 0 Å². The number of anilines is 1. The zero-order valence-corrected chi connectivity index (χ0v) is 22.5. The molecule has 1 atom stereocenters. The minimum atomic E-state index is -4.67. The van der Waals surface area contributed by atoms with Crippen molar-refractivity contribution in [3.63, 3.8) is 0 Å². The van der Waals surface area contributed by atoms with Crippen LogP contribution in [-0.4, -0.2) is 60.8 Å². The number of benzene rings is 1. The Morgan fingerprint density at radius 1 is 1.15 bits per heavy atom. The number of carbonyl (C=O) groups excluding carboxylic acids is 1. The fourth-order valence-electron chi connectivity index (χ4n) is 5.13. The molecule has 0 bridgehead atoms. The number of halogens is 4. The fraction of sp³-hybridized carbons (Fsp3) is 0.414. The molecule has 0 unspecified atom stereocenters. The summed E-state index contributed by atoms with van der Waals surface area (Å²) in [7, 11) is 0. The van der Waals surface area contributed by atoms with E-state index in [1.165, 1.54) is 0 Å². The van der Waals surface area contributed by atoms with Crippen LogP contribution < -0.4 is 25.0 Å². The van der Waals surface area contributed by atoms with E-state index in [1.807, 2.05) is 13.0 Å². The normalized spacial score (nSPS) is 17.9. The Bertz CT molecular complexity index is 1370. The van der Waals surface area contributed by atoms with Crippen LogP contribution in [0.5, 0.6) is 11.6 Å². The summed E-state index contributed by atoms with van der Waals surface area (Å²) in [5, 5.41) is 6.22. The van der Waals surface area contributed by atoms with Crippen LogP contribution in [-0.2, 0) is 6.18 Å². The number of aromatic nitrogens is 2. The first-order chi connectivity index (χ1) is 19.7. The molecule has 2 aliphatic rings. The molecule has 2 saturated heterocycles. The van der Waals surface area contributed by atoms with E-state index in [1.54, 1.807) is 29.3 Å².